The Hall–Kier alpha value is -0.0331. The zero-order valence-corrected chi connectivity index (χ0v) is 17.8. The number of aliphatic hydroxyl groups excluding tert-OH is 1. The lowest BCUT2D eigenvalue weighted by Crippen LogP contribution is -2.46. The third-order valence-electron chi connectivity index (χ3n) is 4.47. The van der Waals surface area contributed by atoms with E-state index in [-0.39, 0.29) is 18.3 Å². The molecular formula is C15H32O7SSi. The molecule has 0 aliphatic carbocycles. The van der Waals surface area contributed by atoms with Crippen LogP contribution in [0.5, 0.6) is 0 Å². The molecule has 1 saturated heterocycles. The van der Waals surface area contributed by atoms with Crippen LogP contribution < -0.4 is 0 Å². The predicted octanol–water partition coefficient (Wildman–Crippen LogP) is 1.87. The molecule has 1 aliphatic rings. The van der Waals surface area contributed by atoms with Gasteiger partial charge in [-0.05, 0) is 32.0 Å². The Morgan fingerprint density at radius 1 is 1.25 bits per heavy atom. The van der Waals surface area contributed by atoms with Crippen molar-refractivity contribution in [2.45, 2.75) is 76.8 Å². The van der Waals surface area contributed by atoms with Gasteiger partial charge in [-0.25, -0.2) is 0 Å². The van der Waals surface area contributed by atoms with E-state index in [1.807, 2.05) is 0 Å². The maximum absolute atomic E-state index is 11.2. The summed E-state index contributed by atoms with van der Waals surface area (Å²) < 4.78 is 44.6. The van der Waals surface area contributed by atoms with E-state index in [1.54, 1.807) is 13.8 Å². The van der Waals surface area contributed by atoms with Crippen molar-refractivity contribution in [2.24, 2.45) is 0 Å². The number of aliphatic hydroxyl groups is 1. The number of hydrogen-bond donors (Lipinski definition) is 1. The first-order valence-electron chi connectivity index (χ1n) is 8.06. The van der Waals surface area contributed by atoms with E-state index in [9.17, 15) is 13.5 Å². The Kier molecular flexibility index (Phi) is 6.69. The molecule has 1 rings (SSSR count). The van der Waals surface area contributed by atoms with Gasteiger partial charge < -0.3 is 19.0 Å². The topological polar surface area (TPSA) is 91.3 Å². The van der Waals surface area contributed by atoms with Crippen LogP contribution in [-0.2, 0) is 28.2 Å². The first-order chi connectivity index (χ1) is 10.5. The Labute approximate surface area is 146 Å². The van der Waals surface area contributed by atoms with Crippen LogP contribution in [0.3, 0.4) is 0 Å². The van der Waals surface area contributed by atoms with E-state index in [0.717, 1.165) is 6.26 Å². The van der Waals surface area contributed by atoms with E-state index in [4.69, 9.17) is 18.1 Å². The molecule has 144 valence electrons. The summed E-state index contributed by atoms with van der Waals surface area (Å²) in [6, 6.07) is 0. The molecule has 24 heavy (non-hydrogen) atoms. The second kappa shape index (κ2) is 7.30. The Morgan fingerprint density at radius 2 is 1.79 bits per heavy atom. The highest BCUT2D eigenvalue weighted by Crippen LogP contribution is 2.37. The van der Waals surface area contributed by atoms with Crippen LogP contribution in [0.1, 0.15) is 34.6 Å². The van der Waals surface area contributed by atoms with E-state index in [2.05, 4.69) is 33.9 Å². The van der Waals surface area contributed by atoms with Crippen molar-refractivity contribution in [3.05, 3.63) is 0 Å². The van der Waals surface area contributed by atoms with Gasteiger partial charge in [0.05, 0.1) is 19.5 Å². The molecule has 0 radical (unpaired) electrons. The Balaban J connectivity index is 2.73. The summed E-state index contributed by atoms with van der Waals surface area (Å²) in [5.74, 6) is -0.922. The second-order valence-electron chi connectivity index (χ2n) is 8.27. The van der Waals surface area contributed by atoms with Crippen LogP contribution in [0, 0.1) is 0 Å². The highest BCUT2D eigenvalue weighted by atomic mass is 32.2. The van der Waals surface area contributed by atoms with Gasteiger partial charge in [0.2, 0.25) is 0 Å². The highest BCUT2D eigenvalue weighted by Gasteiger charge is 2.46. The number of hydrogen-bond acceptors (Lipinski definition) is 7. The maximum Gasteiger partial charge on any atom is 0.264 e. The summed E-state index contributed by atoms with van der Waals surface area (Å²) in [7, 11) is -5.60. The summed E-state index contributed by atoms with van der Waals surface area (Å²) in [6.45, 7) is 13.9. The van der Waals surface area contributed by atoms with E-state index in [1.165, 1.54) is 0 Å². The Bertz CT molecular complexity index is 524. The first kappa shape index (κ1) is 22.0. The second-order valence-corrected chi connectivity index (χ2v) is 14.7. The fraction of sp³-hybridized carbons (Fsp3) is 1.00. The van der Waals surface area contributed by atoms with Crippen molar-refractivity contribution in [3.8, 4) is 0 Å². The minimum atomic E-state index is -3.59. The lowest BCUT2D eigenvalue weighted by atomic mass is 10.1. The largest absolute Gasteiger partial charge is 0.414 e. The average Bonchev–Trinajstić information content (AvgIpc) is 2.67. The molecule has 0 spiro atoms. The van der Waals surface area contributed by atoms with Crippen molar-refractivity contribution in [2.75, 3.05) is 19.5 Å². The van der Waals surface area contributed by atoms with Crippen molar-refractivity contribution in [1.29, 1.82) is 0 Å². The van der Waals surface area contributed by atoms with Crippen molar-refractivity contribution in [1.82, 2.24) is 0 Å². The van der Waals surface area contributed by atoms with Crippen LogP contribution in [-0.4, -0.2) is 65.4 Å². The molecule has 0 bridgehead atoms. The molecule has 9 heteroatoms. The molecule has 0 aromatic rings. The predicted molar refractivity (Wildman–Crippen MR) is 93.8 cm³/mol. The van der Waals surface area contributed by atoms with Crippen molar-refractivity contribution < 1.29 is 31.6 Å². The van der Waals surface area contributed by atoms with Crippen LogP contribution in [0.2, 0.25) is 18.1 Å². The quantitative estimate of drug-likeness (QED) is 0.529. The van der Waals surface area contributed by atoms with Gasteiger partial charge in [0.15, 0.2) is 14.1 Å². The average molecular weight is 385 g/mol. The van der Waals surface area contributed by atoms with Crippen LogP contribution in [0.4, 0.5) is 0 Å². The molecule has 7 nitrogen and oxygen atoms in total. The van der Waals surface area contributed by atoms with Crippen LogP contribution in [0.15, 0.2) is 0 Å². The summed E-state index contributed by atoms with van der Waals surface area (Å²) in [6.07, 6.45) is -1.37. The Morgan fingerprint density at radius 3 is 2.25 bits per heavy atom. The molecule has 1 N–H and O–H groups in total. The van der Waals surface area contributed by atoms with E-state index < -0.39 is 42.5 Å². The van der Waals surface area contributed by atoms with Crippen molar-refractivity contribution >= 4 is 18.4 Å². The first-order valence-corrected chi connectivity index (χ1v) is 12.8. The minimum Gasteiger partial charge on any atom is -0.414 e. The third-order valence-corrected chi connectivity index (χ3v) is 9.53. The summed E-state index contributed by atoms with van der Waals surface area (Å²) in [5.41, 5.74) is 0. The molecule has 0 aromatic carbocycles. The number of ether oxygens (including phenoxy) is 2. The van der Waals surface area contributed by atoms with Gasteiger partial charge in [-0.2, -0.15) is 8.42 Å². The van der Waals surface area contributed by atoms with Gasteiger partial charge in [-0.15, -0.1) is 0 Å². The smallest absolute Gasteiger partial charge is 0.264 e. The lowest BCUT2D eigenvalue weighted by Gasteiger charge is -2.37. The molecule has 0 aromatic heterocycles. The fourth-order valence-corrected chi connectivity index (χ4v) is 3.52. The molecular weight excluding hydrogens is 352 g/mol. The zero-order chi connectivity index (χ0) is 19.0. The molecule has 1 fully saturated rings. The summed E-state index contributed by atoms with van der Waals surface area (Å²) >= 11 is 0. The zero-order valence-electron chi connectivity index (χ0n) is 16.0. The fourth-order valence-electron chi connectivity index (χ4n) is 2.11. The van der Waals surface area contributed by atoms with Gasteiger partial charge in [-0.1, -0.05) is 20.8 Å². The van der Waals surface area contributed by atoms with E-state index >= 15 is 0 Å². The highest BCUT2D eigenvalue weighted by molar-refractivity contribution is 7.85. The summed E-state index contributed by atoms with van der Waals surface area (Å²) in [4.78, 5) is 0. The van der Waals surface area contributed by atoms with Gasteiger partial charge in [0, 0.05) is 0 Å². The third kappa shape index (κ3) is 6.36. The normalized spacial score (nSPS) is 26.5. The molecule has 0 saturated carbocycles. The van der Waals surface area contributed by atoms with Crippen LogP contribution in [0.25, 0.3) is 0 Å². The lowest BCUT2D eigenvalue weighted by molar-refractivity contribution is -0.158. The molecule has 0 amide bonds. The summed E-state index contributed by atoms with van der Waals surface area (Å²) in [5, 5.41) is 10.5. The van der Waals surface area contributed by atoms with Gasteiger partial charge >= 0.3 is 0 Å². The molecule has 0 unspecified atom stereocenters. The standard InChI is InChI=1S/C15H32O7SSi/c1-14(2,3)24(7,8)20-9-11(16)13-12(10-19-23(6,17)18)21-15(4,5)22-13/h11-13,16H,9-10H2,1-8H3/t11-,12+,13-/m0/s1. The minimum absolute atomic E-state index is 0.0256. The van der Waals surface area contributed by atoms with Gasteiger partial charge in [-0.3, -0.25) is 4.18 Å². The van der Waals surface area contributed by atoms with Gasteiger partial charge in [0.25, 0.3) is 10.1 Å². The molecule has 3 atom stereocenters. The van der Waals surface area contributed by atoms with Crippen molar-refractivity contribution in [3.63, 3.8) is 0 Å². The molecule has 1 aliphatic heterocycles. The maximum atomic E-state index is 11.2. The SMILES string of the molecule is CC1(C)O[C@@H]([C@@H](O)CO[Si](C)(C)C(C)(C)C)[C@@H](COS(C)(=O)=O)O1. The number of rotatable bonds is 7. The molecule has 1 heterocycles. The van der Waals surface area contributed by atoms with Gasteiger partial charge in [0.1, 0.15) is 18.3 Å². The van der Waals surface area contributed by atoms with E-state index in [0.29, 0.717) is 0 Å². The van der Waals surface area contributed by atoms with Crippen LogP contribution >= 0.6 is 0 Å². The monoisotopic (exact) mass is 384 g/mol.